The highest BCUT2D eigenvalue weighted by atomic mass is 35.5. The number of hydrogen-bond donors (Lipinski definition) is 0. The lowest BCUT2D eigenvalue weighted by atomic mass is 10.0. The summed E-state index contributed by atoms with van der Waals surface area (Å²) >= 11 is 6.25. The lowest BCUT2D eigenvalue weighted by Crippen LogP contribution is -2.05. The second kappa shape index (κ2) is 8.03. The van der Waals surface area contributed by atoms with Crippen LogP contribution in [0.15, 0.2) is 60.2 Å². The molecule has 0 amide bonds. The highest BCUT2D eigenvalue weighted by molar-refractivity contribution is 6.31. The first-order chi connectivity index (χ1) is 13.0. The molecule has 0 aliphatic rings. The minimum Gasteiger partial charge on any atom is -0.288 e. The molecule has 4 nitrogen and oxygen atoms in total. The minimum atomic E-state index is -0.296. The van der Waals surface area contributed by atoms with Crippen LogP contribution in [0.1, 0.15) is 32.9 Å². The van der Waals surface area contributed by atoms with Crippen LogP contribution in [0.25, 0.3) is 6.08 Å². The number of nitriles is 1. The monoisotopic (exact) mass is 375 g/mol. The summed E-state index contributed by atoms with van der Waals surface area (Å²) in [5.74, 6) is -0.296. The van der Waals surface area contributed by atoms with Crippen LogP contribution < -0.4 is 0 Å². The van der Waals surface area contributed by atoms with Crippen molar-refractivity contribution < 1.29 is 4.79 Å². The standard InChI is InChI=1S/C22H18ClN3O/c1-15-20(12-19(13-24)22(27)17-8-4-3-5-9-17)16(2)26(25-15)14-18-10-6-7-11-21(18)23/h3-12H,14H2,1-2H3/b19-12+. The third kappa shape index (κ3) is 3.99. The van der Waals surface area contributed by atoms with Gasteiger partial charge in [0, 0.05) is 21.8 Å². The molecule has 0 atom stereocenters. The van der Waals surface area contributed by atoms with E-state index in [1.807, 2.05) is 54.9 Å². The van der Waals surface area contributed by atoms with Gasteiger partial charge in [0.1, 0.15) is 11.6 Å². The lowest BCUT2D eigenvalue weighted by molar-refractivity contribution is 0.104. The van der Waals surface area contributed by atoms with Gasteiger partial charge in [-0.1, -0.05) is 60.1 Å². The van der Waals surface area contributed by atoms with Crippen molar-refractivity contribution in [1.29, 1.82) is 5.26 Å². The van der Waals surface area contributed by atoms with Crippen LogP contribution in [-0.4, -0.2) is 15.6 Å². The molecule has 1 aromatic heterocycles. The molecule has 0 aliphatic carbocycles. The summed E-state index contributed by atoms with van der Waals surface area (Å²) in [6.45, 7) is 4.31. The Bertz CT molecular complexity index is 1060. The predicted molar refractivity (Wildman–Crippen MR) is 107 cm³/mol. The van der Waals surface area contributed by atoms with Gasteiger partial charge >= 0.3 is 0 Å². The van der Waals surface area contributed by atoms with Gasteiger partial charge < -0.3 is 0 Å². The number of hydrogen-bond acceptors (Lipinski definition) is 3. The molecule has 0 N–H and O–H groups in total. The number of aromatic nitrogens is 2. The van der Waals surface area contributed by atoms with Gasteiger partial charge in [0.2, 0.25) is 5.78 Å². The Morgan fingerprint density at radius 3 is 2.48 bits per heavy atom. The first-order valence-corrected chi connectivity index (χ1v) is 8.88. The van der Waals surface area contributed by atoms with Crippen molar-refractivity contribution >= 4 is 23.5 Å². The van der Waals surface area contributed by atoms with E-state index in [1.165, 1.54) is 0 Å². The lowest BCUT2D eigenvalue weighted by Gasteiger charge is -2.07. The molecule has 0 fully saturated rings. The second-order valence-electron chi connectivity index (χ2n) is 6.20. The van der Waals surface area contributed by atoms with E-state index in [1.54, 1.807) is 30.3 Å². The highest BCUT2D eigenvalue weighted by Gasteiger charge is 2.16. The maximum atomic E-state index is 12.6. The Kier molecular flexibility index (Phi) is 5.54. The summed E-state index contributed by atoms with van der Waals surface area (Å²) in [5.41, 5.74) is 3.95. The van der Waals surface area contributed by atoms with Crippen LogP contribution in [0.4, 0.5) is 0 Å². The number of carbonyl (C=O) groups excluding carboxylic acids is 1. The molecule has 0 aliphatic heterocycles. The van der Waals surface area contributed by atoms with Crippen LogP contribution in [0.3, 0.4) is 0 Å². The maximum absolute atomic E-state index is 12.6. The smallest absolute Gasteiger partial charge is 0.203 e. The molecule has 1 heterocycles. The third-order valence-electron chi connectivity index (χ3n) is 4.41. The van der Waals surface area contributed by atoms with Crippen molar-refractivity contribution in [3.05, 3.63) is 93.3 Å². The Hall–Kier alpha value is -3.16. The van der Waals surface area contributed by atoms with E-state index >= 15 is 0 Å². The van der Waals surface area contributed by atoms with Crippen LogP contribution in [0.5, 0.6) is 0 Å². The van der Waals surface area contributed by atoms with Gasteiger partial charge in [0.25, 0.3) is 0 Å². The molecule has 3 rings (SSSR count). The van der Waals surface area contributed by atoms with Crippen LogP contribution in [0.2, 0.25) is 5.02 Å². The van der Waals surface area contributed by atoms with Crippen LogP contribution in [-0.2, 0) is 6.54 Å². The van der Waals surface area contributed by atoms with E-state index in [2.05, 4.69) is 5.10 Å². The topological polar surface area (TPSA) is 58.7 Å². The SMILES string of the molecule is Cc1nn(Cc2ccccc2Cl)c(C)c1/C=C(\C#N)C(=O)c1ccccc1. The average Bonchev–Trinajstić information content (AvgIpc) is 2.95. The largest absolute Gasteiger partial charge is 0.288 e. The number of Topliss-reactive ketones (excluding diaryl/α,β-unsaturated/α-hetero) is 1. The predicted octanol–water partition coefficient (Wildman–Crippen LogP) is 4.99. The summed E-state index contributed by atoms with van der Waals surface area (Å²) in [4.78, 5) is 12.6. The zero-order valence-electron chi connectivity index (χ0n) is 15.1. The van der Waals surface area contributed by atoms with Gasteiger partial charge in [-0.2, -0.15) is 10.4 Å². The number of nitrogens with zero attached hydrogens (tertiary/aromatic N) is 3. The van der Waals surface area contributed by atoms with Gasteiger partial charge in [-0.25, -0.2) is 0 Å². The van der Waals surface area contributed by atoms with Gasteiger partial charge in [0.05, 0.1) is 12.2 Å². The maximum Gasteiger partial charge on any atom is 0.203 e. The van der Waals surface area contributed by atoms with Gasteiger partial charge in [-0.05, 0) is 31.6 Å². The fourth-order valence-electron chi connectivity index (χ4n) is 2.90. The number of halogens is 1. The van der Waals surface area contributed by atoms with Gasteiger partial charge in [0.15, 0.2) is 0 Å². The second-order valence-corrected chi connectivity index (χ2v) is 6.61. The number of ketones is 1. The molecule has 0 unspecified atom stereocenters. The van der Waals surface area contributed by atoms with Crippen molar-refractivity contribution in [2.45, 2.75) is 20.4 Å². The van der Waals surface area contributed by atoms with Crippen molar-refractivity contribution in [2.75, 3.05) is 0 Å². The molecule has 0 spiro atoms. The van der Waals surface area contributed by atoms with Crippen molar-refractivity contribution in [1.82, 2.24) is 9.78 Å². The number of allylic oxidation sites excluding steroid dienone is 1. The number of aryl methyl sites for hydroxylation is 1. The third-order valence-corrected chi connectivity index (χ3v) is 4.77. The van der Waals surface area contributed by atoms with Crippen LogP contribution >= 0.6 is 11.6 Å². The zero-order valence-corrected chi connectivity index (χ0v) is 15.9. The number of rotatable bonds is 5. The molecule has 3 aromatic rings. The first-order valence-electron chi connectivity index (χ1n) is 8.50. The summed E-state index contributed by atoms with van der Waals surface area (Å²) < 4.78 is 1.84. The van der Waals surface area contributed by atoms with E-state index < -0.39 is 0 Å². The normalized spacial score (nSPS) is 11.3. The molecular weight excluding hydrogens is 358 g/mol. The fourth-order valence-corrected chi connectivity index (χ4v) is 3.10. The molecule has 0 bridgehead atoms. The Morgan fingerprint density at radius 1 is 1.15 bits per heavy atom. The van der Waals surface area contributed by atoms with Gasteiger partial charge in [-0.3, -0.25) is 9.48 Å². The minimum absolute atomic E-state index is 0.0877. The van der Waals surface area contributed by atoms with Gasteiger partial charge in [-0.15, -0.1) is 0 Å². The van der Waals surface area contributed by atoms with E-state index in [-0.39, 0.29) is 11.4 Å². The zero-order chi connectivity index (χ0) is 19.4. The Labute approximate surface area is 163 Å². The number of carbonyl (C=O) groups is 1. The fraction of sp³-hybridized carbons (Fsp3) is 0.136. The summed E-state index contributed by atoms with van der Waals surface area (Å²) in [6.07, 6.45) is 1.62. The average molecular weight is 376 g/mol. The van der Waals surface area contributed by atoms with Crippen molar-refractivity contribution in [3.63, 3.8) is 0 Å². The van der Waals surface area contributed by atoms with E-state index in [4.69, 9.17) is 11.6 Å². The van der Waals surface area contributed by atoms with E-state index in [0.717, 1.165) is 22.5 Å². The van der Waals surface area contributed by atoms with Crippen molar-refractivity contribution in [3.8, 4) is 6.07 Å². The summed E-state index contributed by atoms with van der Waals surface area (Å²) in [7, 11) is 0. The van der Waals surface area contributed by atoms with E-state index in [0.29, 0.717) is 17.1 Å². The Balaban J connectivity index is 1.96. The summed E-state index contributed by atoms with van der Waals surface area (Å²) in [6, 6.07) is 18.4. The van der Waals surface area contributed by atoms with Crippen molar-refractivity contribution in [2.24, 2.45) is 0 Å². The molecular formula is C22H18ClN3O. The molecule has 0 saturated carbocycles. The molecule has 2 aromatic carbocycles. The highest BCUT2D eigenvalue weighted by Crippen LogP contribution is 2.22. The van der Waals surface area contributed by atoms with Crippen LogP contribution in [0, 0.1) is 25.2 Å². The summed E-state index contributed by atoms with van der Waals surface area (Å²) in [5, 5.41) is 14.7. The molecule has 5 heteroatoms. The Morgan fingerprint density at radius 2 is 1.81 bits per heavy atom. The molecule has 134 valence electrons. The molecule has 0 radical (unpaired) electrons. The van der Waals surface area contributed by atoms with E-state index in [9.17, 15) is 10.1 Å². The first kappa shape index (κ1) is 18.6. The molecule has 27 heavy (non-hydrogen) atoms. The number of benzene rings is 2. The molecule has 0 saturated heterocycles. The quantitative estimate of drug-likeness (QED) is 0.358.